The number of hydrogen-bond donors (Lipinski definition) is 6. The number of hydrazine groups is 1. The predicted octanol–water partition coefficient (Wildman–Crippen LogP) is 5.89. The van der Waals surface area contributed by atoms with Gasteiger partial charge in [0.1, 0.15) is 0 Å². The highest BCUT2D eigenvalue weighted by Crippen LogP contribution is 2.43. The number of ketones is 4. The first kappa shape index (κ1) is 48.1. The number of nitrogen functional groups attached to an aromatic ring is 1. The Bertz CT molecular complexity index is 3730. The summed E-state index contributed by atoms with van der Waals surface area (Å²) in [5, 5.41) is 5.23. The molecule has 2 amide bonds. The predicted molar refractivity (Wildman–Crippen MR) is 271 cm³/mol. The lowest BCUT2D eigenvalue weighted by atomic mass is 9.82. The van der Waals surface area contributed by atoms with Crippen molar-refractivity contribution in [1.82, 2.24) is 13.3 Å². The number of amides is 2. The van der Waals surface area contributed by atoms with E-state index in [0.29, 0.717) is 39.4 Å². The second kappa shape index (κ2) is 18.7. The molecule has 2 heterocycles. The van der Waals surface area contributed by atoms with Crippen LogP contribution in [0.1, 0.15) is 51.5 Å². The van der Waals surface area contributed by atoms with Crippen molar-refractivity contribution in [3.05, 3.63) is 179 Å². The summed E-state index contributed by atoms with van der Waals surface area (Å²) >= 11 is 0. The van der Waals surface area contributed by atoms with E-state index in [1.807, 2.05) is 0 Å². The van der Waals surface area contributed by atoms with E-state index in [4.69, 9.17) is 11.5 Å². The van der Waals surface area contributed by atoms with Gasteiger partial charge in [-0.2, -0.15) is 0 Å². The minimum Gasteiger partial charge on any atom is -0.399 e. The molecule has 20 heteroatoms. The number of anilines is 4. The van der Waals surface area contributed by atoms with Crippen LogP contribution >= 0.6 is 0 Å². The molecule has 0 atom stereocenters. The molecular formula is C52H42N8O10S2. The maximum absolute atomic E-state index is 14.6. The Balaban J connectivity index is 1.02. The van der Waals surface area contributed by atoms with E-state index in [1.54, 1.807) is 78.9 Å². The SMILES string of the molecule is CC(=O)NCC1=C(c2ccccc2)c2c(c(-c3ccc(NNc4ccc(S(=O)(=O)n5cc(-c6ccc(NC(C)=O)cc6)c6c5C=C(CN)C(=O)C6=O)cc4)cc3)cn2S(=O)(=O)c2ccc(N)cc2)C(=O)C1=O. The number of benzene rings is 5. The molecule has 0 spiro atoms. The molecule has 8 N–H and O–H groups in total. The van der Waals surface area contributed by atoms with Gasteiger partial charge < -0.3 is 33.0 Å². The molecule has 9 rings (SSSR count). The van der Waals surface area contributed by atoms with Crippen molar-refractivity contribution in [2.45, 2.75) is 23.6 Å². The Hall–Kier alpha value is -8.98. The van der Waals surface area contributed by atoms with Gasteiger partial charge in [0.15, 0.2) is 0 Å². The number of nitrogens with one attached hydrogen (secondary N) is 4. The summed E-state index contributed by atoms with van der Waals surface area (Å²) in [6.45, 7) is 1.97. The van der Waals surface area contributed by atoms with Gasteiger partial charge in [-0.3, -0.25) is 28.8 Å². The van der Waals surface area contributed by atoms with Crippen LogP contribution in [0.15, 0.2) is 161 Å². The van der Waals surface area contributed by atoms with E-state index in [2.05, 4.69) is 21.5 Å². The molecule has 2 aliphatic carbocycles. The van der Waals surface area contributed by atoms with Crippen LogP contribution in [0.2, 0.25) is 0 Å². The van der Waals surface area contributed by atoms with Gasteiger partial charge in [-0.05, 0) is 95.6 Å². The van der Waals surface area contributed by atoms with Gasteiger partial charge in [0.2, 0.25) is 34.9 Å². The van der Waals surface area contributed by atoms with E-state index in [1.165, 1.54) is 80.8 Å². The summed E-state index contributed by atoms with van der Waals surface area (Å²) in [5.41, 5.74) is 20.6. The van der Waals surface area contributed by atoms with Gasteiger partial charge in [0, 0.05) is 78.6 Å². The smallest absolute Gasteiger partial charge is 0.268 e. The van der Waals surface area contributed by atoms with Crippen LogP contribution in [0, 0.1) is 0 Å². The van der Waals surface area contributed by atoms with E-state index >= 15 is 0 Å². The van der Waals surface area contributed by atoms with Crippen molar-refractivity contribution >= 4 is 89.4 Å². The minimum atomic E-state index is -4.45. The van der Waals surface area contributed by atoms with Crippen LogP contribution in [0.25, 0.3) is 33.9 Å². The largest absolute Gasteiger partial charge is 0.399 e. The number of hydrogen-bond acceptors (Lipinski definition) is 14. The molecule has 0 saturated carbocycles. The van der Waals surface area contributed by atoms with Gasteiger partial charge in [-0.15, -0.1) is 0 Å². The molecule has 0 fully saturated rings. The Labute approximate surface area is 412 Å². The lowest BCUT2D eigenvalue weighted by Gasteiger charge is -2.23. The van der Waals surface area contributed by atoms with E-state index in [0.717, 1.165) is 7.94 Å². The lowest BCUT2D eigenvalue weighted by Crippen LogP contribution is -2.33. The number of fused-ring (bicyclic) bond motifs is 2. The van der Waals surface area contributed by atoms with Crippen LogP contribution in [0.4, 0.5) is 22.7 Å². The summed E-state index contributed by atoms with van der Waals surface area (Å²) in [4.78, 5) is 78.1. The van der Waals surface area contributed by atoms with Crippen LogP contribution in [-0.4, -0.2) is 72.8 Å². The number of carbonyl (C=O) groups is 6. The first-order valence-electron chi connectivity index (χ1n) is 22.0. The Morgan fingerprint density at radius 1 is 0.556 bits per heavy atom. The van der Waals surface area contributed by atoms with E-state index in [9.17, 15) is 45.6 Å². The Morgan fingerprint density at radius 3 is 1.61 bits per heavy atom. The molecule has 0 radical (unpaired) electrons. The average Bonchev–Trinajstić information content (AvgIpc) is 3.97. The number of aromatic nitrogens is 2. The third kappa shape index (κ3) is 8.69. The molecular weight excluding hydrogens is 961 g/mol. The first-order chi connectivity index (χ1) is 34.4. The van der Waals surface area contributed by atoms with Crippen molar-refractivity contribution in [2.75, 3.05) is 35.0 Å². The van der Waals surface area contributed by atoms with E-state index in [-0.39, 0.29) is 79.1 Å². The van der Waals surface area contributed by atoms with Crippen LogP contribution < -0.4 is 33.0 Å². The van der Waals surface area contributed by atoms with Crippen LogP contribution in [-0.2, 0) is 39.2 Å². The number of rotatable bonds is 14. The molecule has 362 valence electrons. The topological polar surface area (TPSA) is 281 Å². The summed E-state index contributed by atoms with van der Waals surface area (Å²) < 4.78 is 59.6. The molecule has 0 bridgehead atoms. The zero-order valence-electron chi connectivity index (χ0n) is 38.2. The highest BCUT2D eigenvalue weighted by molar-refractivity contribution is 7.90. The molecule has 72 heavy (non-hydrogen) atoms. The third-order valence-electron chi connectivity index (χ3n) is 12.0. The highest BCUT2D eigenvalue weighted by Gasteiger charge is 2.41. The molecule has 0 unspecified atom stereocenters. The van der Waals surface area contributed by atoms with Crippen molar-refractivity contribution < 1.29 is 45.6 Å². The van der Waals surface area contributed by atoms with Crippen molar-refractivity contribution in [1.29, 1.82) is 0 Å². The quantitative estimate of drug-likeness (QED) is 0.0421. The fourth-order valence-electron chi connectivity index (χ4n) is 8.49. The standard InChI is InChI=1S/C52H42N8O10S2/c1-29(61)55-26-41-45(33-6-4-3-5-7-33)48-47(52(66)50(41)64)43(28-60(48)72(69,70)39-20-12-35(54)13-21-39)32-10-16-37(17-11-32)57-58-38-18-22-40(23-19-38)71(67,68)59-27-42(31-8-14-36(15-9-31)56-30(2)62)46-44(59)24-34(25-53)49(63)51(46)65/h3-24,27-28,57-58H,25-26,53-54H2,1-2H3,(H,55,61)(H,56,62). The van der Waals surface area contributed by atoms with Crippen LogP contribution in [0.5, 0.6) is 0 Å². The second-order valence-corrected chi connectivity index (χ2v) is 20.3. The molecule has 2 aliphatic rings. The van der Waals surface area contributed by atoms with E-state index < -0.39 is 49.1 Å². The molecule has 2 aromatic heterocycles. The van der Waals surface area contributed by atoms with Crippen molar-refractivity contribution in [3.63, 3.8) is 0 Å². The number of Topliss-reactive ketones (excluding diaryl/α,β-unsaturated/α-hetero) is 4. The molecule has 5 aromatic carbocycles. The summed E-state index contributed by atoms with van der Waals surface area (Å²) in [5.74, 6) is -4.39. The summed E-state index contributed by atoms with van der Waals surface area (Å²) in [6, 6.07) is 32.6. The maximum atomic E-state index is 14.6. The molecule has 0 aliphatic heterocycles. The minimum absolute atomic E-state index is 0.0374. The summed E-state index contributed by atoms with van der Waals surface area (Å²) in [7, 11) is -8.85. The summed E-state index contributed by atoms with van der Waals surface area (Å²) in [6.07, 6.45) is 3.87. The van der Waals surface area contributed by atoms with Gasteiger partial charge in [0.05, 0.1) is 43.7 Å². The normalized spacial score (nSPS) is 13.6. The first-order valence-corrected chi connectivity index (χ1v) is 24.9. The van der Waals surface area contributed by atoms with Gasteiger partial charge in [0.25, 0.3) is 20.0 Å². The molecule has 0 saturated heterocycles. The highest BCUT2D eigenvalue weighted by atomic mass is 32.2. The Kier molecular flexibility index (Phi) is 12.5. The van der Waals surface area contributed by atoms with Crippen molar-refractivity contribution in [2.24, 2.45) is 5.73 Å². The lowest BCUT2D eigenvalue weighted by molar-refractivity contribution is -0.119. The monoisotopic (exact) mass is 1000 g/mol. The van der Waals surface area contributed by atoms with Gasteiger partial charge >= 0.3 is 0 Å². The third-order valence-corrected chi connectivity index (χ3v) is 15.3. The van der Waals surface area contributed by atoms with Gasteiger partial charge in [-0.25, -0.2) is 24.8 Å². The maximum Gasteiger partial charge on any atom is 0.268 e. The number of carbonyl (C=O) groups excluding carboxylic acids is 6. The zero-order chi connectivity index (χ0) is 51.2. The Morgan fingerprint density at radius 2 is 1.06 bits per heavy atom. The average molecular weight is 1000 g/mol. The van der Waals surface area contributed by atoms with Crippen molar-refractivity contribution in [3.8, 4) is 22.3 Å². The fourth-order valence-corrected chi connectivity index (χ4v) is 11.2. The van der Waals surface area contributed by atoms with Gasteiger partial charge in [-0.1, -0.05) is 54.6 Å². The van der Waals surface area contributed by atoms with Crippen LogP contribution in [0.3, 0.4) is 0 Å². The zero-order valence-corrected chi connectivity index (χ0v) is 39.9. The second-order valence-electron chi connectivity index (χ2n) is 16.7. The number of nitrogens with zero attached hydrogens (tertiary/aromatic N) is 2. The molecule has 18 nitrogen and oxygen atoms in total. The molecule has 7 aromatic rings. The fraction of sp³-hybridized carbons (Fsp3) is 0.0769. The number of nitrogens with two attached hydrogens (primary N) is 2.